The zero-order valence-electron chi connectivity index (χ0n) is 12.5. The fourth-order valence-corrected chi connectivity index (χ4v) is 2.69. The van der Waals surface area contributed by atoms with Crippen molar-refractivity contribution in [3.05, 3.63) is 28.8 Å². The minimum Gasteiger partial charge on any atom is -0.506 e. The highest BCUT2D eigenvalue weighted by Crippen LogP contribution is 2.23. The standard InChI is InChI=1S/C16H21ClN2O3/c17-13-11-12(5-6-14(13)20)16(22)18-8-7-15(21)19-9-3-1-2-4-10-19/h5-6,11,20H,1-4,7-10H2,(H,18,22). The topological polar surface area (TPSA) is 69.6 Å². The number of hydrogen-bond donors (Lipinski definition) is 2. The van der Waals surface area contributed by atoms with Crippen molar-refractivity contribution < 1.29 is 14.7 Å². The summed E-state index contributed by atoms with van der Waals surface area (Å²) in [6, 6.07) is 4.27. The summed E-state index contributed by atoms with van der Waals surface area (Å²) in [7, 11) is 0. The van der Waals surface area contributed by atoms with E-state index in [1.54, 1.807) is 0 Å². The molecule has 0 spiro atoms. The molecule has 1 saturated heterocycles. The quantitative estimate of drug-likeness (QED) is 0.894. The van der Waals surface area contributed by atoms with Crippen LogP contribution in [0.15, 0.2) is 18.2 Å². The van der Waals surface area contributed by atoms with E-state index in [4.69, 9.17) is 11.6 Å². The predicted octanol–water partition coefficient (Wildman–Crippen LogP) is 2.57. The number of carbonyl (C=O) groups is 2. The largest absolute Gasteiger partial charge is 0.506 e. The smallest absolute Gasteiger partial charge is 0.251 e. The van der Waals surface area contributed by atoms with Gasteiger partial charge in [0, 0.05) is 31.6 Å². The molecular weight excluding hydrogens is 304 g/mol. The lowest BCUT2D eigenvalue weighted by Gasteiger charge is -2.20. The maximum absolute atomic E-state index is 12.1. The fourth-order valence-electron chi connectivity index (χ4n) is 2.51. The van der Waals surface area contributed by atoms with Crippen LogP contribution in [0, 0.1) is 0 Å². The first-order valence-electron chi connectivity index (χ1n) is 7.62. The molecule has 22 heavy (non-hydrogen) atoms. The highest BCUT2D eigenvalue weighted by Gasteiger charge is 2.15. The molecule has 0 aliphatic carbocycles. The second kappa shape index (κ2) is 8.03. The van der Waals surface area contributed by atoms with E-state index < -0.39 is 0 Å². The Balaban J connectivity index is 1.78. The van der Waals surface area contributed by atoms with E-state index in [1.165, 1.54) is 31.0 Å². The molecule has 2 rings (SSSR count). The maximum Gasteiger partial charge on any atom is 0.251 e. The molecule has 1 aliphatic heterocycles. The van der Waals surface area contributed by atoms with Crippen molar-refractivity contribution in [2.24, 2.45) is 0 Å². The maximum atomic E-state index is 12.1. The Labute approximate surface area is 135 Å². The third kappa shape index (κ3) is 4.63. The number of carbonyl (C=O) groups excluding carboxylic acids is 2. The molecule has 2 N–H and O–H groups in total. The summed E-state index contributed by atoms with van der Waals surface area (Å²) < 4.78 is 0. The molecule has 5 nitrogen and oxygen atoms in total. The van der Waals surface area contributed by atoms with E-state index in [1.807, 2.05) is 4.90 Å². The van der Waals surface area contributed by atoms with Gasteiger partial charge < -0.3 is 15.3 Å². The SMILES string of the molecule is O=C(NCCC(=O)N1CCCCCC1)c1ccc(O)c(Cl)c1. The Morgan fingerprint density at radius 1 is 1.18 bits per heavy atom. The van der Waals surface area contributed by atoms with Gasteiger partial charge in [-0.3, -0.25) is 9.59 Å². The Morgan fingerprint density at radius 3 is 2.50 bits per heavy atom. The van der Waals surface area contributed by atoms with Crippen molar-refractivity contribution in [3.8, 4) is 5.75 Å². The number of amides is 2. The van der Waals surface area contributed by atoms with Crippen molar-refractivity contribution in [3.63, 3.8) is 0 Å². The van der Waals surface area contributed by atoms with Crippen molar-refractivity contribution >= 4 is 23.4 Å². The van der Waals surface area contributed by atoms with E-state index in [2.05, 4.69) is 5.32 Å². The molecule has 6 heteroatoms. The third-order valence-corrected chi connectivity index (χ3v) is 4.10. The van der Waals surface area contributed by atoms with Crippen molar-refractivity contribution in [2.45, 2.75) is 32.1 Å². The number of phenolic OH excluding ortho intramolecular Hbond substituents is 1. The van der Waals surface area contributed by atoms with E-state index in [9.17, 15) is 14.7 Å². The summed E-state index contributed by atoms with van der Waals surface area (Å²) >= 11 is 5.77. The van der Waals surface area contributed by atoms with Crippen LogP contribution in [0.2, 0.25) is 5.02 Å². The molecule has 0 radical (unpaired) electrons. The van der Waals surface area contributed by atoms with Gasteiger partial charge in [0.05, 0.1) is 5.02 Å². The first-order chi connectivity index (χ1) is 10.6. The number of rotatable bonds is 4. The zero-order chi connectivity index (χ0) is 15.9. The molecule has 1 aliphatic rings. The van der Waals surface area contributed by atoms with Gasteiger partial charge in [-0.25, -0.2) is 0 Å². The van der Waals surface area contributed by atoms with Crippen molar-refractivity contribution in [2.75, 3.05) is 19.6 Å². The molecular formula is C16H21ClN2O3. The van der Waals surface area contributed by atoms with Crippen LogP contribution in [0.3, 0.4) is 0 Å². The van der Waals surface area contributed by atoms with Gasteiger partial charge >= 0.3 is 0 Å². The number of halogens is 1. The van der Waals surface area contributed by atoms with Gasteiger partial charge in [0.15, 0.2) is 0 Å². The lowest BCUT2D eigenvalue weighted by Crippen LogP contribution is -2.35. The minimum atomic E-state index is -0.300. The van der Waals surface area contributed by atoms with E-state index >= 15 is 0 Å². The van der Waals surface area contributed by atoms with Crippen LogP contribution in [0.4, 0.5) is 0 Å². The molecule has 1 aromatic rings. The number of likely N-dealkylation sites (tertiary alicyclic amines) is 1. The Bertz CT molecular complexity index is 540. The molecule has 0 unspecified atom stereocenters. The van der Waals surface area contributed by atoms with Crippen LogP contribution in [0.25, 0.3) is 0 Å². The Morgan fingerprint density at radius 2 is 1.86 bits per heavy atom. The van der Waals surface area contributed by atoms with Crippen molar-refractivity contribution in [1.82, 2.24) is 10.2 Å². The summed E-state index contributed by atoms with van der Waals surface area (Å²) in [6.45, 7) is 1.94. The van der Waals surface area contributed by atoms with Crippen LogP contribution in [0.5, 0.6) is 5.75 Å². The van der Waals surface area contributed by atoms with Gasteiger partial charge in [-0.05, 0) is 31.0 Å². The highest BCUT2D eigenvalue weighted by molar-refractivity contribution is 6.32. The third-order valence-electron chi connectivity index (χ3n) is 3.79. The van der Waals surface area contributed by atoms with Crippen molar-refractivity contribution in [1.29, 1.82) is 0 Å². The monoisotopic (exact) mass is 324 g/mol. The average Bonchev–Trinajstić information content (AvgIpc) is 2.79. The molecule has 2 amide bonds. The predicted molar refractivity (Wildman–Crippen MR) is 85.1 cm³/mol. The molecule has 0 atom stereocenters. The lowest BCUT2D eigenvalue weighted by atomic mass is 10.2. The normalized spacial score (nSPS) is 15.2. The fraction of sp³-hybridized carbons (Fsp3) is 0.500. The van der Waals surface area contributed by atoms with E-state index in [-0.39, 0.29) is 22.6 Å². The first-order valence-corrected chi connectivity index (χ1v) is 8.00. The van der Waals surface area contributed by atoms with Gasteiger partial charge in [0.1, 0.15) is 5.75 Å². The number of benzene rings is 1. The molecule has 1 fully saturated rings. The van der Waals surface area contributed by atoms with Gasteiger partial charge in [-0.1, -0.05) is 24.4 Å². The average molecular weight is 325 g/mol. The van der Waals surface area contributed by atoms with Gasteiger partial charge in [-0.2, -0.15) is 0 Å². The number of aromatic hydroxyl groups is 1. The van der Waals surface area contributed by atoms with Gasteiger partial charge in [0.25, 0.3) is 5.91 Å². The van der Waals surface area contributed by atoms with Gasteiger partial charge in [0.2, 0.25) is 5.91 Å². The molecule has 120 valence electrons. The Hall–Kier alpha value is -1.75. The van der Waals surface area contributed by atoms with Crippen LogP contribution >= 0.6 is 11.6 Å². The minimum absolute atomic E-state index is 0.0606. The number of nitrogens with one attached hydrogen (secondary N) is 1. The number of nitrogens with zero attached hydrogens (tertiary/aromatic N) is 1. The highest BCUT2D eigenvalue weighted by atomic mass is 35.5. The molecule has 1 aromatic carbocycles. The zero-order valence-corrected chi connectivity index (χ0v) is 13.2. The van der Waals surface area contributed by atoms with Crippen LogP contribution < -0.4 is 5.32 Å². The summed E-state index contributed by atoms with van der Waals surface area (Å²) in [4.78, 5) is 25.9. The molecule has 0 saturated carbocycles. The van der Waals surface area contributed by atoms with E-state index in [0.717, 1.165) is 25.9 Å². The number of phenols is 1. The summed E-state index contributed by atoms with van der Waals surface area (Å²) in [5.41, 5.74) is 0.366. The summed E-state index contributed by atoms with van der Waals surface area (Å²) in [5, 5.41) is 12.2. The molecule has 0 bridgehead atoms. The molecule has 0 aromatic heterocycles. The molecule has 1 heterocycles. The van der Waals surface area contributed by atoms with Crippen LogP contribution in [-0.4, -0.2) is 41.5 Å². The summed E-state index contributed by atoms with van der Waals surface area (Å²) in [5.74, 6) is -0.272. The van der Waals surface area contributed by atoms with Crippen LogP contribution in [0.1, 0.15) is 42.5 Å². The second-order valence-electron chi connectivity index (χ2n) is 5.47. The Kier molecular flexibility index (Phi) is 6.07. The second-order valence-corrected chi connectivity index (χ2v) is 5.87. The van der Waals surface area contributed by atoms with Gasteiger partial charge in [-0.15, -0.1) is 0 Å². The van der Waals surface area contributed by atoms with Crippen LogP contribution in [-0.2, 0) is 4.79 Å². The number of hydrogen-bond acceptors (Lipinski definition) is 3. The lowest BCUT2D eigenvalue weighted by molar-refractivity contribution is -0.131. The van der Waals surface area contributed by atoms with E-state index in [0.29, 0.717) is 18.5 Å². The summed E-state index contributed by atoms with van der Waals surface area (Å²) in [6.07, 6.45) is 4.79. The first kappa shape index (κ1) is 16.6.